The van der Waals surface area contributed by atoms with Crippen LogP contribution in [0.4, 0.5) is 0 Å². The molecule has 2 saturated heterocycles. The van der Waals surface area contributed by atoms with Crippen molar-refractivity contribution in [1.29, 1.82) is 0 Å². The number of ketones is 1. The molecule has 2 aliphatic heterocycles. The first-order chi connectivity index (χ1) is 10.0. The van der Waals surface area contributed by atoms with Crippen LogP contribution in [0.25, 0.3) is 0 Å². The molecule has 0 radical (unpaired) electrons. The Bertz CT molecular complexity index is 458. The van der Waals surface area contributed by atoms with E-state index in [1.807, 2.05) is 0 Å². The Kier molecular flexibility index (Phi) is 3.10. The summed E-state index contributed by atoms with van der Waals surface area (Å²) in [6.45, 7) is 7.79. The molecule has 1 unspecified atom stereocenters. The normalized spacial score (nSPS) is 56.0. The summed E-state index contributed by atoms with van der Waals surface area (Å²) in [5.74, 6) is 2.79. The van der Waals surface area contributed by atoms with Crippen LogP contribution >= 0.6 is 0 Å². The van der Waals surface area contributed by atoms with Crippen LogP contribution in [0, 0.1) is 34.5 Å². The van der Waals surface area contributed by atoms with Crippen LogP contribution in [-0.2, 0) is 9.53 Å². The molecule has 118 valence electrons. The smallest absolute Gasteiger partial charge is 0.145 e. The van der Waals surface area contributed by atoms with E-state index >= 15 is 0 Å². The summed E-state index contributed by atoms with van der Waals surface area (Å²) < 4.78 is 6.26. The summed E-state index contributed by atoms with van der Waals surface area (Å²) in [4.78, 5) is 13.5. The van der Waals surface area contributed by atoms with Gasteiger partial charge < -0.3 is 4.74 Å². The highest BCUT2D eigenvalue weighted by Crippen LogP contribution is 2.69. The molecule has 5 aliphatic rings. The second-order valence-corrected chi connectivity index (χ2v) is 8.62. The molecule has 21 heavy (non-hydrogen) atoms. The lowest BCUT2D eigenvalue weighted by molar-refractivity contribution is -0.275. The van der Waals surface area contributed by atoms with Gasteiger partial charge in [-0.3, -0.25) is 4.79 Å². The van der Waals surface area contributed by atoms with Crippen molar-refractivity contribution in [3.63, 3.8) is 0 Å². The quantitative estimate of drug-likeness (QED) is 0.722. The van der Waals surface area contributed by atoms with Gasteiger partial charge in [-0.2, -0.15) is 0 Å². The van der Waals surface area contributed by atoms with Gasteiger partial charge in [0.05, 0.1) is 18.1 Å². The standard InChI is InChI=1S/C19H30O2/c1-4-13-9-12(2)15-10-16-14-7-5-6-8-18(14,3)19(15,11-21-16)17(13)20/h12-16H,4-11H2,1-3H3/t12-,13+,14?,15-,16-,18-,19+/m1/s1. The Hall–Kier alpha value is -0.370. The minimum absolute atomic E-state index is 0.148. The number of rotatable bonds is 1. The molecule has 3 saturated carbocycles. The molecule has 3 aliphatic carbocycles. The highest BCUT2D eigenvalue weighted by atomic mass is 16.5. The van der Waals surface area contributed by atoms with Crippen molar-refractivity contribution >= 4 is 5.78 Å². The lowest BCUT2D eigenvalue weighted by atomic mass is 9.37. The van der Waals surface area contributed by atoms with Gasteiger partial charge in [0.1, 0.15) is 5.78 Å². The predicted molar refractivity (Wildman–Crippen MR) is 82.9 cm³/mol. The van der Waals surface area contributed by atoms with Crippen LogP contribution in [0.3, 0.4) is 0 Å². The predicted octanol–water partition coefficient (Wildman–Crippen LogP) is 4.22. The molecule has 2 nitrogen and oxygen atoms in total. The van der Waals surface area contributed by atoms with E-state index in [4.69, 9.17) is 4.74 Å². The molecule has 0 aromatic heterocycles. The van der Waals surface area contributed by atoms with E-state index in [0.717, 1.165) is 25.9 Å². The number of ether oxygens (including phenoxy) is 1. The number of hydrogen-bond donors (Lipinski definition) is 0. The fraction of sp³-hybridized carbons (Fsp3) is 0.947. The van der Waals surface area contributed by atoms with Crippen molar-refractivity contribution in [3.8, 4) is 0 Å². The molecule has 5 rings (SSSR count). The Morgan fingerprint density at radius 3 is 2.81 bits per heavy atom. The van der Waals surface area contributed by atoms with E-state index in [9.17, 15) is 4.79 Å². The van der Waals surface area contributed by atoms with Gasteiger partial charge in [0.25, 0.3) is 0 Å². The maximum absolute atomic E-state index is 13.5. The SMILES string of the molecule is CC[C@H]1C[C@@H](C)[C@H]2C[C@H]3OC[C@]2(C1=O)[C@]1(C)CCCCC31. The molecule has 0 N–H and O–H groups in total. The molecular formula is C19H30O2. The van der Waals surface area contributed by atoms with E-state index in [-0.39, 0.29) is 16.7 Å². The number of carbonyl (C=O) groups excluding carboxylic acids is 1. The summed E-state index contributed by atoms with van der Waals surface area (Å²) in [5, 5.41) is 0. The van der Waals surface area contributed by atoms with E-state index in [0.29, 0.717) is 29.6 Å². The van der Waals surface area contributed by atoms with Crippen LogP contribution in [0.2, 0.25) is 0 Å². The highest BCUT2D eigenvalue weighted by molar-refractivity contribution is 5.90. The Morgan fingerprint density at radius 1 is 1.24 bits per heavy atom. The Labute approximate surface area is 129 Å². The zero-order valence-corrected chi connectivity index (χ0v) is 13.9. The first-order valence-corrected chi connectivity index (χ1v) is 9.20. The van der Waals surface area contributed by atoms with Crippen LogP contribution in [0.5, 0.6) is 0 Å². The van der Waals surface area contributed by atoms with Crippen LogP contribution in [0.15, 0.2) is 0 Å². The molecule has 2 heteroatoms. The number of carbonyl (C=O) groups is 1. The third-order valence-corrected chi connectivity index (χ3v) is 8.04. The molecule has 2 bridgehead atoms. The summed E-state index contributed by atoms with van der Waals surface area (Å²) in [5.41, 5.74) is 0.0709. The first-order valence-electron chi connectivity index (χ1n) is 9.20. The van der Waals surface area contributed by atoms with Gasteiger partial charge in [0, 0.05) is 5.92 Å². The molecule has 5 fully saturated rings. The van der Waals surface area contributed by atoms with Gasteiger partial charge >= 0.3 is 0 Å². The van der Waals surface area contributed by atoms with E-state index in [1.165, 1.54) is 25.7 Å². The topological polar surface area (TPSA) is 26.3 Å². The van der Waals surface area contributed by atoms with Crippen molar-refractivity contribution in [1.82, 2.24) is 0 Å². The third kappa shape index (κ3) is 1.56. The fourth-order valence-corrected chi connectivity index (χ4v) is 6.93. The molecule has 7 atom stereocenters. The summed E-state index contributed by atoms with van der Waals surface area (Å²) in [6.07, 6.45) is 8.92. The van der Waals surface area contributed by atoms with Gasteiger partial charge in [-0.05, 0) is 55.3 Å². The number of fused-ring (bicyclic) bond motifs is 1. The van der Waals surface area contributed by atoms with Crippen molar-refractivity contribution in [2.75, 3.05) is 6.61 Å². The van der Waals surface area contributed by atoms with E-state index in [2.05, 4.69) is 20.8 Å². The number of Topliss-reactive ketones (excluding diaryl/α,β-unsaturated/α-hetero) is 1. The van der Waals surface area contributed by atoms with Crippen molar-refractivity contribution in [2.45, 2.75) is 71.8 Å². The fourth-order valence-electron chi connectivity index (χ4n) is 6.93. The summed E-state index contributed by atoms with van der Waals surface area (Å²) in [6, 6.07) is 0. The minimum Gasteiger partial charge on any atom is -0.377 e. The molecule has 1 spiro atoms. The van der Waals surface area contributed by atoms with Crippen molar-refractivity contribution in [3.05, 3.63) is 0 Å². The van der Waals surface area contributed by atoms with Gasteiger partial charge in [0.2, 0.25) is 0 Å². The second-order valence-electron chi connectivity index (χ2n) is 8.62. The van der Waals surface area contributed by atoms with Crippen LogP contribution in [-0.4, -0.2) is 18.5 Å². The van der Waals surface area contributed by atoms with Crippen molar-refractivity contribution in [2.24, 2.45) is 34.5 Å². The molecule has 2 heterocycles. The molecule has 0 aromatic carbocycles. The first kappa shape index (κ1) is 14.2. The Morgan fingerprint density at radius 2 is 2.05 bits per heavy atom. The van der Waals surface area contributed by atoms with Gasteiger partial charge in [-0.1, -0.05) is 33.6 Å². The largest absolute Gasteiger partial charge is 0.377 e. The maximum Gasteiger partial charge on any atom is 0.145 e. The molecule has 0 aromatic rings. The zero-order valence-electron chi connectivity index (χ0n) is 13.9. The van der Waals surface area contributed by atoms with Gasteiger partial charge in [-0.15, -0.1) is 0 Å². The highest BCUT2D eigenvalue weighted by Gasteiger charge is 2.71. The summed E-state index contributed by atoms with van der Waals surface area (Å²) in [7, 11) is 0. The van der Waals surface area contributed by atoms with Gasteiger partial charge in [-0.25, -0.2) is 0 Å². The monoisotopic (exact) mass is 290 g/mol. The van der Waals surface area contributed by atoms with Crippen LogP contribution < -0.4 is 0 Å². The molecular weight excluding hydrogens is 260 g/mol. The number of hydrogen-bond acceptors (Lipinski definition) is 2. The molecule has 0 amide bonds. The van der Waals surface area contributed by atoms with E-state index < -0.39 is 0 Å². The third-order valence-electron chi connectivity index (χ3n) is 8.04. The van der Waals surface area contributed by atoms with E-state index in [1.54, 1.807) is 0 Å². The average molecular weight is 290 g/mol. The Balaban J connectivity index is 1.84. The second kappa shape index (κ2) is 4.57. The minimum atomic E-state index is -0.148. The van der Waals surface area contributed by atoms with Crippen molar-refractivity contribution < 1.29 is 9.53 Å². The maximum atomic E-state index is 13.5. The van der Waals surface area contributed by atoms with Gasteiger partial charge in [0.15, 0.2) is 0 Å². The summed E-state index contributed by atoms with van der Waals surface area (Å²) >= 11 is 0. The van der Waals surface area contributed by atoms with Crippen LogP contribution in [0.1, 0.15) is 65.7 Å². The lowest BCUT2D eigenvalue weighted by Crippen LogP contribution is -2.72. The lowest BCUT2D eigenvalue weighted by Gasteiger charge is -2.69. The zero-order chi connectivity index (χ0) is 14.8. The average Bonchev–Trinajstić information content (AvgIpc) is 2.50.